The van der Waals surface area contributed by atoms with Crippen LogP contribution in [0.4, 0.5) is 4.79 Å². The molecule has 5 rings (SSSR count). The van der Waals surface area contributed by atoms with Gasteiger partial charge in [0.2, 0.25) is 6.10 Å². The number of hydrogen-bond donors (Lipinski definition) is 2. The van der Waals surface area contributed by atoms with Gasteiger partial charge in [0, 0.05) is 49.8 Å². The number of amides is 1. The number of fused-ring (bicyclic) bond motifs is 2. The number of ketones is 1. The molecular formula is C45H67N5O12. The fourth-order valence-corrected chi connectivity index (χ4v) is 9.23. The van der Waals surface area contributed by atoms with Gasteiger partial charge >= 0.3 is 12.1 Å². The second-order valence-corrected chi connectivity index (χ2v) is 17.9. The normalized spacial score (nSPS) is 36.0. The number of benzene rings is 1. The maximum absolute atomic E-state index is 14.4. The molecule has 17 nitrogen and oxygen atoms in total. The summed E-state index contributed by atoms with van der Waals surface area (Å²) in [5.74, 6) is -5.17. The van der Waals surface area contributed by atoms with Crippen molar-refractivity contribution in [1.29, 1.82) is 0 Å². The molecule has 3 fully saturated rings. The number of Topliss-reactive ketones (excluding diaryl/α,β-unsaturated/α-hetero) is 1. The summed E-state index contributed by atoms with van der Waals surface area (Å²) in [7, 11) is 5.23. The van der Waals surface area contributed by atoms with Crippen molar-refractivity contribution in [3.63, 3.8) is 0 Å². The Morgan fingerprint density at radius 2 is 1.74 bits per heavy atom. The predicted molar refractivity (Wildman–Crippen MR) is 228 cm³/mol. The van der Waals surface area contributed by atoms with Crippen LogP contribution in [0.2, 0.25) is 0 Å². The molecule has 2 N–H and O–H groups in total. The number of oxime groups is 1. The van der Waals surface area contributed by atoms with Crippen LogP contribution in [0.15, 0.2) is 35.7 Å². The zero-order valence-electron chi connectivity index (χ0n) is 38.3. The largest absolute Gasteiger partial charge is 0.509 e. The van der Waals surface area contributed by atoms with E-state index in [1.807, 2.05) is 51.0 Å². The summed E-state index contributed by atoms with van der Waals surface area (Å²) in [4.78, 5) is 71.1. The molecule has 17 heteroatoms. The Balaban J connectivity index is 1.45. The number of esters is 1. The summed E-state index contributed by atoms with van der Waals surface area (Å²) in [6, 6.07) is 5.60. The summed E-state index contributed by atoms with van der Waals surface area (Å²) in [6.07, 6.45) is -2.00. The second-order valence-electron chi connectivity index (χ2n) is 17.9. The van der Waals surface area contributed by atoms with Crippen LogP contribution in [-0.4, -0.2) is 137 Å². The monoisotopic (exact) mass is 869 g/mol. The number of nitrogens with zero attached hydrogens (tertiary/aromatic N) is 4. The highest BCUT2D eigenvalue weighted by Gasteiger charge is 2.59. The topological polar surface area (TPSA) is 207 Å². The molecule has 344 valence electrons. The molecule has 0 bridgehead atoms. The van der Waals surface area contributed by atoms with E-state index in [0.717, 1.165) is 16.6 Å². The minimum Gasteiger partial charge on any atom is -0.457 e. The van der Waals surface area contributed by atoms with Crippen molar-refractivity contribution in [2.45, 2.75) is 155 Å². The number of aliphatic hydroxyl groups excluding tert-OH is 1. The van der Waals surface area contributed by atoms with Gasteiger partial charge < -0.3 is 48.6 Å². The van der Waals surface area contributed by atoms with Crippen molar-refractivity contribution in [3.05, 3.63) is 36.2 Å². The van der Waals surface area contributed by atoms with E-state index < -0.39 is 89.6 Å². The average Bonchev–Trinajstić information content (AvgIpc) is 3.56. The van der Waals surface area contributed by atoms with Gasteiger partial charge in [0.15, 0.2) is 23.8 Å². The summed E-state index contributed by atoms with van der Waals surface area (Å²) >= 11 is 0. The molecule has 0 aliphatic carbocycles. The van der Waals surface area contributed by atoms with Gasteiger partial charge in [0.05, 0.1) is 34.6 Å². The first kappa shape index (κ1) is 48.7. The lowest BCUT2D eigenvalue weighted by Gasteiger charge is -2.47. The molecule has 0 spiro atoms. The molecule has 3 saturated heterocycles. The van der Waals surface area contributed by atoms with Gasteiger partial charge in [0.1, 0.15) is 18.1 Å². The maximum atomic E-state index is 14.4. The van der Waals surface area contributed by atoms with Gasteiger partial charge in [-0.1, -0.05) is 38.9 Å². The first-order chi connectivity index (χ1) is 29.2. The smallest absolute Gasteiger partial charge is 0.457 e. The minimum atomic E-state index is -1.50. The molecule has 1 aromatic carbocycles. The van der Waals surface area contributed by atoms with Crippen molar-refractivity contribution in [3.8, 4) is 0 Å². The number of methoxy groups -OCH3 is 1. The predicted octanol–water partition coefficient (Wildman–Crippen LogP) is 4.79. The fraction of sp³-hybridized carbons (Fsp3) is 0.711. The fourth-order valence-electron chi connectivity index (χ4n) is 9.23. The van der Waals surface area contributed by atoms with Crippen molar-refractivity contribution < 1.29 is 57.5 Å². The number of carbonyl (C=O) groups is 4. The average molecular weight is 870 g/mol. The Morgan fingerprint density at radius 3 is 2.40 bits per heavy atom. The zero-order chi connectivity index (χ0) is 45.7. The molecule has 4 heterocycles. The Morgan fingerprint density at radius 1 is 1.05 bits per heavy atom. The Bertz CT molecular complexity index is 1930. The number of carbonyl (C=O) groups excluding carboxylic acids is 4. The van der Waals surface area contributed by atoms with Crippen LogP contribution in [-0.2, 0) is 54.1 Å². The molecule has 3 aliphatic heterocycles. The van der Waals surface area contributed by atoms with E-state index in [1.165, 1.54) is 14.0 Å². The van der Waals surface area contributed by atoms with Gasteiger partial charge in [-0.25, -0.2) is 4.79 Å². The summed E-state index contributed by atoms with van der Waals surface area (Å²) < 4.78 is 36.8. The highest BCUT2D eigenvalue weighted by molar-refractivity contribution is 6.00. The van der Waals surface area contributed by atoms with Crippen molar-refractivity contribution >= 4 is 40.6 Å². The third-order valence-corrected chi connectivity index (χ3v) is 13.0. The summed E-state index contributed by atoms with van der Waals surface area (Å²) in [5.41, 5.74) is 0.289. The van der Waals surface area contributed by atoms with E-state index in [1.54, 1.807) is 53.9 Å². The van der Waals surface area contributed by atoms with Crippen LogP contribution in [0.25, 0.3) is 11.0 Å². The van der Waals surface area contributed by atoms with Crippen LogP contribution in [0.5, 0.6) is 0 Å². The number of ether oxygens (including phenoxy) is 6. The molecule has 1 aromatic heterocycles. The molecule has 0 radical (unpaired) electrons. The number of aliphatic hydroxyl groups is 1. The zero-order valence-corrected chi connectivity index (χ0v) is 38.3. The summed E-state index contributed by atoms with van der Waals surface area (Å²) in [6.45, 7) is 15.9. The van der Waals surface area contributed by atoms with Crippen molar-refractivity contribution in [2.24, 2.45) is 28.8 Å². The van der Waals surface area contributed by atoms with Gasteiger partial charge in [-0.2, -0.15) is 0 Å². The van der Waals surface area contributed by atoms with E-state index in [-0.39, 0.29) is 30.9 Å². The lowest BCUT2D eigenvalue weighted by molar-refractivity contribution is -0.295. The standard InChI is InChI=1S/C45H67N5O12/c1-13-34-45(9)39(60-43(55)61-45)26(4)35(49-62-29(7)40(53)48-18-14-15-30-16-17-31-32(22-30)47-20-19-46-31)24(2)23-44(8,56-12)38(27(5)36(51)28(6)41(54)58-34)59-42-37(52)33(50(10)11)21-25(3)57-42/h16-17,19-20,22,24-29,33-34,37-39,42,52H,13-15,18,21,23H2,1-12H3,(H,48,53)/b49-35+/t24-,25-,26+,27+,28-,29-,33+,34+,37-,38-,39-,42+,44-,45-/m1/s1. The summed E-state index contributed by atoms with van der Waals surface area (Å²) in [5, 5.41) is 19.1. The number of rotatable bonds is 12. The SMILES string of the molecule is CC[C@@H]1OC(=O)[C@H](C)C(=O)[C@H](C)[C@@H](O[C@@H]2O[C@H](C)C[C@H](N(C)C)[C@H]2O)[C@](C)(OC)C[C@@H](C)/C(=N\O[C@H](C)C(=O)NCCCc2ccc3nccnc3c2)[C@H](C)[C@H]2OC(=O)O[C@]12C. The van der Waals surface area contributed by atoms with Crippen LogP contribution in [0.1, 0.15) is 93.6 Å². The van der Waals surface area contributed by atoms with Crippen molar-refractivity contribution in [2.75, 3.05) is 27.7 Å². The van der Waals surface area contributed by atoms with E-state index >= 15 is 0 Å². The van der Waals surface area contributed by atoms with Crippen LogP contribution in [0.3, 0.4) is 0 Å². The van der Waals surface area contributed by atoms with Gasteiger partial charge in [-0.15, -0.1) is 0 Å². The quantitative estimate of drug-likeness (QED) is 0.127. The highest BCUT2D eigenvalue weighted by Crippen LogP contribution is 2.42. The second kappa shape index (κ2) is 20.5. The third-order valence-electron chi connectivity index (χ3n) is 13.0. The Hall–Kier alpha value is -4.29. The Labute approximate surface area is 364 Å². The van der Waals surface area contributed by atoms with Crippen molar-refractivity contribution in [1.82, 2.24) is 20.2 Å². The molecule has 0 saturated carbocycles. The molecule has 0 unspecified atom stereocenters. The lowest BCUT2D eigenvalue weighted by atomic mass is 9.74. The number of aryl methyl sites for hydroxylation is 1. The first-order valence-corrected chi connectivity index (χ1v) is 21.8. The number of aromatic nitrogens is 2. The van der Waals surface area contributed by atoms with Crippen LogP contribution >= 0.6 is 0 Å². The van der Waals surface area contributed by atoms with Gasteiger partial charge in [0.25, 0.3) is 5.91 Å². The van der Waals surface area contributed by atoms with E-state index in [4.69, 9.17) is 33.3 Å². The third kappa shape index (κ3) is 10.7. The first-order valence-electron chi connectivity index (χ1n) is 21.8. The van der Waals surface area contributed by atoms with E-state index in [2.05, 4.69) is 20.4 Å². The molecular weight excluding hydrogens is 803 g/mol. The number of cyclic esters (lactones) is 1. The van der Waals surface area contributed by atoms with E-state index in [0.29, 0.717) is 31.5 Å². The number of hydrogen-bond acceptors (Lipinski definition) is 16. The minimum absolute atomic E-state index is 0.156. The maximum Gasteiger partial charge on any atom is 0.509 e. The number of likely N-dealkylation sites (N-methyl/N-ethyl adjacent to an activating group) is 1. The molecule has 62 heavy (non-hydrogen) atoms. The molecule has 14 atom stereocenters. The highest BCUT2D eigenvalue weighted by atomic mass is 16.8. The number of nitrogens with one attached hydrogen (secondary N) is 1. The lowest BCUT2D eigenvalue weighted by Crippen LogP contribution is -2.59. The van der Waals surface area contributed by atoms with Gasteiger partial charge in [-0.3, -0.25) is 24.4 Å². The molecule has 3 aliphatic rings. The van der Waals surface area contributed by atoms with Crippen LogP contribution < -0.4 is 5.32 Å². The van der Waals surface area contributed by atoms with E-state index in [9.17, 15) is 24.3 Å². The molecule has 2 aromatic rings. The Kier molecular flexibility index (Phi) is 16.1. The molecule has 1 amide bonds. The van der Waals surface area contributed by atoms with Crippen LogP contribution in [0, 0.1) is 23.7 Å². The van der Waals surface area contributed by atoms with Gasteiger partial charge in [-0.05, 0) is 98.5 Å².